The van der Waals surface area contributed by atoms with E-state index in [0.29, 0.717) is 6.20 Å². The minimum absolute atomic E-state index is 0.426. The maximum Gasteiger partial charge on any atom is 0.310 e. The lowest BCUT2D eigenvalue weighted by Crippen LogP contribution is -2.18. The highest BCUT2D eigenvalue weighted by Crippen LogP contribution is 2.28. The number of halogens is 2. The van der Waals surface area contributed by atoms with Gasteiger partial charge in [-0.15, -0.1) is 0 Å². The van der Waals surface area contributed by atoms with Crippen LogP contribution in [0.15, 0.2) is 11.0 Å². The van der Waals surface area contributed by atoms with E-state index in [1.54, 1.807) is 0 Å². The van der Waals surface area contributed by atoms with Crippen LogP contribution in [-0.2, 0) is 16.0 Å². The molecule has 0 unspecified atom stereocenters. The summed E-state index contributed by atoms with van der Waals surface area (Å²) >= 11 is 0. The Labute approximate surface area is 88.7 Å². The topological polar surface area (TPSA) is 79.4 Å². The summed E-state index contributed by atoms with van der Waals surface area (Å²) in [5.41, 5.74) is -1.95. The van der Waals surface area contributed by atoms with E-state index >= 15 is 0 Å². The first kappa shape index (κ1) is 12.2. The molecule has 0 aliphatic carbocycles. The maximum atomic E-state index is 12.4. The third-order valence-corrected chi connectivity index (χ3v) is 1.98. The molecule has 5 nitrogen and oxygen atoms in total. The number of methoxy groups -OCH3 is 1. The molecule has 0 atom stereocenters. The molecule has 0 fully saturated rings. The normalized spacial score (nSPS) is 10.5. The van der Waals surface area contributed by atoms with Crippen LogP contribution < -0.4 is 5.56 Å². The summed E-state index contributed by atoms with van der Waals surface area (Å²) in [4.78, 5) is 24.1. The van der Waals surface area contributed by atoms with Crippen molar-refractivity contribution >= 4 is 5.97 Å². The summed E-state index contributed by atoms with van der Waals surface area (Å²) in [7, 11) is 1.09. The SMILES string of the molecule is COC(=O)Cc1c(O)c(C(F)F)c[nH]c1=O. The van der Waals surface area contributed by atoms with Crippen molar-refractivity contribution in [2.24, 2.45) is 0 Å². The van der Waals surface area contributed by atoms with Gasteiger partial charge < -0.3 is 14.8 Å². The third kappa shape index (κ3) is 2.36. The fraction of sp³-hybridized carbons (Fsp3) is 0.333. The van der Waals surface area contributed by atoms with Gasteiger partial charge in [0.25, 0.3) is 12.0 Å². The Kier molecular flexibility index (Phi) is 3.60. The number of carbonyl (C=O) groups is 1. The molecule has 0 aliphatic heterocycles. The Balaban J connectivity index is 3.21. The number of hydrogen-bond donors (Lipinski definition) is 2. The molecule has 0 saturated heterocycles. The van der Waals surface area contributed by atoms with Gasteiger partial charge in [-0.05, 0) is 0 Å². The number of nitrogens with one attached hydrogen (secondary N) is 1. The van der Waals surface area contributed by atoms with Crippen molar-refractivity contribution in [2.45, 2.75) is 12.8 Å². The van der Waals surface area contributed by atoms with Gasteiger partial charge in [-0.25, -0.2) is 8.78 Å². The first-order valence-electron chi connectivity index (χ1n) is 4.25. The van der Waals surface area contributed by atoms with E-state index in [4.69, 9.17) is 0 Å². The van der Waals surface area contributed by atoms with E-state index in [-0.39, 0.29) is 0 Å². The minimum atomic E-state index is -2.94. The summed E-state index contributed by atoms with van der Waals surface area (Å²) in [6, 6.07) is 0. The largest absolute Gasteiger partial charge is 0.507 e. The van der Waals surface area contributed by atoms with Crippen LogP contribution in [0.5, 0.6) is 5.75 Å². The number of esters is 1. The van der Waals surface area contributed by atoms with Gasteiger partial charge in [-0.1, -0.05) is 0 Å². The van der Waals surface area contributed by atoms with Gasteiger partial charge in [-0.2, -0.15) is 0 Å². The van der Waals surface area contributed by atoms with E-state index in [0.717, 1.165) is 7.11 Å². The predicted octanol–water partition coefficient (Wildman–Crippen LogP) is 0.734. The molecule has 2 N–H and O–H groups in total. The van der Waals surface area contributed by atoms with Crippen molar-refractivity contribution in [3.63, 3.8) is 0 Å². The molecule has 0 amide bonds. The summed E-state index contributed by atoms with van der Waals surface area (Å²) in [5.74, 6) is -1.67. The van der Waals surface area contributed by atoms with Crippen LogP contribution in [0.1, 0.15) is 17.6 Å². The van der Waals surface area contributed by atoms with Crippen LogP contribution in [0.3, 0.4) is 0 Å². The Morgan fingerprint density at radius 2 is 2.25 bits per heavy atom. The average molecular weight is 233 g/mol. The molecular formula is C9H9F2NO4. The molecule has 0 radical (unpaired) electrons. The van der Waals surface area contributed by atoms with E-state index in [9.17, 15) is 23.5 Å². The Bertz CT molecular complexity index is 455. The van der Waals surface area contributed by atoms with Crippen LogP contribution in [0, 0.1) is 0 Å². The molecule has 1 rings (SSSR count). The quantitative estimate of drug-likeness (QED) is 0.754. The lowest BCUT2D eigenvalue weighted by molar-refractivity contribution is -0.139. The monoisotopic (exact) mass is 233 g/mol. The Hall–Kier alpha value is -1.92. The van der Waals surface area contributed by atoms with E-state index in [2.05, 4.69) is 4.74 Å². The Morgan fingerprint density at radius 3 is 2.75 bits per heavy atom. The molecular weight excluding hydrogens is 224 g/mol. The van der Waals surface area contributed by atoms with Gasteiger partial charge >= 0.3 is 5.97 Å². The number of ether oxygens (including phenoxy) is 1. The molecule has 7 heteroatoms. The molecule has 1 aromatic rings. The first-order valence-corrected chi connectivity index (χ1v) is 4.25. The minimum Gasteiger partial charge on any atom is -0.507 e. The molecule has 0 aromatic carbocycles. The van der Waals surface area contributed by atoms with E-state index in [1.165, 1.54) is 0 Å². The molecule has 0 bridgehead atoms. The van der Waals surface area contributed by atoms with Crippen molar-refractivity contribution in [1.29, 1.82) is 0 Å². The van der Waals surface area contributed by atoms with Crippen molar-refractivity contribution in [2.75, 3.05) is 7.11 Å². The number of aromatic amines is 1. The van der Waals surface area contributed by atoms with Crippen molar-refractivity contribution in [3.8, 4) is 5.75 Å². The maximum absolute atomic E-state index is 12.4. The predicted molar refractivity (Wildman–Crippen MR) is 49.4 cm³/mol. The van der Waals surface area contributed by atoms with Gasteiger partial charge in [0, 0.05) is 6.20 Å². The summed E-state index contributed by atoms with van der Waals surface area (Å²) < 4.78 is 29.0. The fourth-order valence-electron chi connectivity index (χ4n) is 1.13. The smallest absolute Gasteiger partial charge is 0.310 e. The molecule has 0 spiro atoms. The van der Waals surface area contributed by atoms with Crippen molar-refractivity contribution in [1.82, 2.24) is 4.98 Å². The zero-order chi connectivity index (χ0) is 12.3. The van der Waals surface area contributed by atoms with E-state index < -0.39 is 41.3 Å². The summed E-state index contributed by atoms with van der Waals surface area (Å²) in [6.07, 6.45) is -2.78. The van der Waals surface area contributed by atoms with Gasteiger partial charge in [-0.3, -0.25) is 9.59 Å². The second-order valence-electron chi connectivity index (χ2n) is 2.95. The highest BCUT2D eigenvalue weighted by molar-refractivity contribution is 5.73. The number of carbonyl (C=O) groups excluding carboxylic acids is 1. The van der Waals surface area contributed by atoms with Gasteiger partial charge in [0.2, 0.25) is 0 Å². The zero-order valence-electron chi connectivity index (χ0n) is 8.29. The molecule has 0 aliphatic rings. The highest BCUT2D eigenvalue weighted by atomic mass is 19.3. The molecule has 88 valence electrons. The summed E-state index contributed by atoms with van der Waals surface area (Å²) in [5, 5.41) is 9.38. The van der Waals surface area contributed by atoms with Crippen molar-refractivity contribution in [3.05, 3.63) is 27.7 Å². The molecule has 1 aromatic heterocycles. The van der Waals surface area contributed by atoms with E-state index in [1.807, 2.05) is 4.98 Å². The number of aromatic hydroxyl groups is 1. The van der Waals surface area contributed by atoms with Crippen molar-refractivity contribution < 1.29 is 23.4 Å². The summed E-state index contributed by atoms with van der Waals surface area (Å²) in [6.45, 7) is 0. The van der Waals surface area contributed by atoms with Crippen LogP contribution in [-0.4, -0.2) is 23.2 Å². The standard InChI is InChI=1S/C9H9F2NO4/c1-16-6(13)2-4-7(14)5(8(10)11)3-12-9(4)15/h3,8H,2H2,1H3,(H2,12,14,15). The van der Waals surface area contributed by atoms with Crippen LogP contribution in [0.4, 0.5) is 8.78 Å². The molecule has 1 heterocycles. The van der Waals surface area contributed by atoms with Gasteiger partial charge in [0.15, 0.2) is 0 Å². The molecule has 16 heavy (non-hydrogen) atoms. The second-order valence-corrected chi connectivity index (χ2v) is 2.95. The number of alkyl halides is 2. The number of H-pyrrole nitrogens is 1. The number of pyridine rings is 1. The number of aromatic nitrogens is 1. The lowest BCUT2D eigenvalue weighted by atomic mass is 10.1. The highest BCUT2D eigenvalue weighted by Gasteiger charge is 2.20. The second kappa shape index (κ2) is 4.73. The van der Waals surface area contributed by atoms with Crippen LogP contribution >= 0.6 is 0 Å². The average Bonchev–Trinajstić information content (AvgIpc) is 2.23. The van der Waals surface area contributed by atoms with Crippen LogP contribution in [0.2, 0.25) is 0 Å². The molecule has 0 saturated carbocycles. The third-order valence-electron chi connectivity index (χ3n) is 1.98. The van der Waals surface area contributed by atoms with Gasteiger partial charge in [0.05, 0.1) is 24.7 Å². The zero-order valence-corrected chi connectivity index (χ0v) is 8.29. The van der Waals surface area contributed by atoms with Crippen LogP contribution in [0.25, 0.3) is 0 Å². The number of rotatable bonds is 3. The lowest BCUT2D eigenvalue weighted by Gasteiger charge is -2.07. The fourth-order valence-corrected chi connectivity index (χ4v) is 1.13. The number of hydrogen-bond acceptors (Lipinski definition) is 4. The first-order chi connectivity index (χ1) is 7.47. The Morgan fingerprint density at radius 1 is 1.62 bits per heavy atom. The van der Waals surface area contributed by atoms with Gasteiger partial charge in [0.1, 0.15) is 5.75 Å².